The first-order valence-corrected chi connectivity index (χ1v) is 8.54. The second kappa shape index (κ2) is 7.28. The van der Waals surface area contributed by atoms with Crippen molar-refractivity contribution in [1.82, 2.24) is 24.8 Å². The summed E-state index contributed by atoms with van der Waals surface area (Å²) < 4.78 is 25.0. The average Bonchev–Trinajstić information content (AvgIpc) is 3.13. The molecule has 9 heteroatoms. The van der Waals surface area contributed by atoms with Gasteiger partial charge in [-0.3, -0.25) is 0 Å². The highest BCUT2D eigenvalue weighted by molar-refractivity contribution is 5.69. The van der Waals surface area contributed by atoms with Crippen LogP contribution in [-0.4, -0.2) is 50.6 Å². The van der Waals surface area contributed by atoms with Crippen LogP contribution in [0.3, 0.4) is 0 Å². The van der Waals surface area contributed by atoms with Crippen LogP contribution in [0, 0.1) is 12.7 Å². The summed E-state index contributed by atoms with van der Waals surface area (Å²) in [6, 6.07) is 5.01. The van der Waals surface area contributed by atoms with Gasteiger partial charge in [0.2, 0.25) is 0 Å². The molecule has 0 radical (unpaired) electrons. The Bertz CT molecular complexity index is 944. The minimum absolute atomic E-state index is 0.116. The lowest BCUT2D eigenvalue weighted by molar-refractivity contribution is -0.0331. The van der Waals surface area contributed by atoms with E-state index in [1.807, 2.05) is 0 Å². The highest BCUT2D eigenvalue weighted by atomic mass is 19.1. The van der Waals surface area contributed by atoms with E-state index in [0.29, 0.717) is 41.3 Å². The number of fused-ring (bicyclic) bond motifs is 1. The molecule has 8 nitrogen and oxygen atoms in total. The quantitative estimate of drug-likeness (QED) is 0.760. The summed E-state index contributed by atoms with van der Waals surface area (Å²) in [5.41, 5.74) is 2.11. The van der Waals surface area contributed by atoms with E-state index >= 15 is 0 Å². The molecule has 4 rings (SSSR count). The summed E-state index contributed by atoms with van der Waals surface area (Å²) in [6.45, 7) is 2.58. The van der Waals surface area contributed by atoms with E-state index in [2.05, 4.69) is 19.9 Å². The highest BCUT2D eigenvalue weighted by Crippen LogP contribution is 2.22. The summed E-state index contributed by atoms with van der Waals surface area (Å²) in [7, 11) is 0. The summed E-state index contributed by atoms with van der Waals surface area (Å²) in [4.78, 5) is 29.4. The smallest absolute Gasteiger partial charge is 0.410 e. The fourth-order valence-electron chi connectivity index (χ4n) is 2.96. The Morgan fingerprint density at radius 3 is 3.22 bits per heavy atom. The summed E-state index contributed by atoms with van der Waals surface area (Å²) in [6.07, 6.45) is 2.11. The number of aryl methyl sites for hydroxylation is 1. The van der Waals surface area contributed by atoms with E-state index in [1.54, 1.807) is 31.3 Å². The van der Waals surface area contributed by atoms with Crippen molar-refractivity contribution in [2.24, 2.45) is 0 Å². The molecular weight excluding hydrogens is 353 g/mol. The zero-order valence-corrected chi connectivity index (χ0v) is 14.7. The third-order valence-corrected chi connectivity index (χ3v) is 4.43. The van der Waals surface area contributed by atoms with Crippen molar-refractivity contribution < 1.29 is 18.7 Å². The van der Waals surface area contributed by atoms with Crippen LogP contribution < -0.4 is 0 Å². The van der Waals surface area contributed by atoms with Crippen molar-refractivity contribution in [3.05, 3.63) is 53.5 Å². The van der Waals surface area contributed by atoms with E-state index in [0.717, 1.165) is 0 Å². The number of carbonyl (C=O) groups is 1. The van der Waals surface area contributed by atoms with Gasteiger partial charge in [0.05, 0.1) is 19.3 Å². The number of benzene rings is 1. The van der Waals surface area contributed by atoms with Crippen molar-refractivity contribution in [2.45, 2.75) is 19.6 Å². The summed E-state index contributed by atoms with van der Waals surface area (Å²) in [5.74, 6) is 0.223. The number of hydrogen-bond acceptors (Lipinski definition) is 6. The highest BCUT2D eigenvalue weighted by Gasteiger charge is 2.28. The van der Waals surface area contributed by atoms with Gasteiger partial charge in [-0.1, -0.05) is 18.2 Å². The first kappa shape index (κ1) is 17.3. The van der Waals surface area contributed by atoms with E-state index in [-0.39, 0.29) is 19.0 Å². The van der Waals surface area contributed by atoms with Gasteiger partial charge in [-0.25, -0.2) is 24.1 Å². The fourth-order valence-corrected chi connectivity index (χ4v) is 2.96. The van der Waals surface area contributed by atoms with Gasteiger partial charge in [0, 0.05) is 12.1 Å². The molecule has 1 atom stereocenters. The standard InChI is InChI=1S/C18H18FN5O3/c1-11-3-2-4-12(15(11)19)9-27-18(25)24-5-6-26-14(8-24)17-22-13-7-20-10-21-16(13)23-17/h2-4,7,10,14H,5-6,8-9H2,1H3,(H,20,21,22,23). The molecule has 3 heterocycles. The summed E-state index contributed by atoms with van der Waals surface area (Å²) in [5, 5.41) is 0. The Morgan fingerprint density at radius 2 is 2.37 bits per heavy atom. The number of rotatable bonds is 3. The average molecular weight is 371 g/mol. The van der Waals surface area contributed by atoms with Crippen molar-refractivity contribution >= 4 is 17.3 Å². The Kier molecular flexibility index (Phi) is 4.68. The number of imidazole rings is 1. The molecule has 0 aliphatic carbocycles. The summed E-state index contributed by atoms with van der Waals surface area (Å²) >= 11 is 0. The van der Waals surface area contributed by atoms with Crippen LogP contribution in [0.25, 0.3) is 11.2 Å². The molecule has 1 aromatic carbocycles. The van der Waals surface area contributed by atoms with E-state index in [9.17, 15) is 9.18 Å². The molecule has 0 spiro atoms. The number of halogens is 1. The number of ether oxygens (including phenoxy) is 2. The minimum atomic E-state index is -0.514. The number of nitrogens with zero attached hydrogens (tertiary/aromatic N) is 4. The Hall–Kier alpha value is -3.07. The molecule has 1 amide bonds. The molecule has 1 aliphatic heterocycles. The first-order chi connectivity index (χ1) is 13.1. The maximum atomic E-state index is 14.0. The van der Waals surface area contributed by atoms with Crippen molar-refractivity contribution in [3.63, 3.8) is 0 Å². The van der Waals surface area contributed by atoms with Crippen LogP contribution in [-0.2, 0) is 16.1 Å². The van der Waals surface area contributed by atoms with Gasteiger partial charge in [-0.2, -0.15) is 0 Å². The molecule has 1 unspecified atom stereocenters. The molecule has 3 aromatic rings. The van der Waals surface area contributed by atoms with Crippen LogP contribution in [0.4, 0.5) is 9.18 Å². The number of nitrogens with one attached hydrogen (secondary N) is 1. The van der Waals surface area contributed by atoms with Crippen LogP contribution >= 0.6 is 0 Å². The zero-order valence-electron chi connectivity index (χ0n) is 14.7. The minimum Gasteiger partial charge on any atom is -0.444 e. The third-order valence-electron chi connectivity index (χ3n) is 4.43. The number of carbonyl (C=O) groups excluding carboxylic acids is 1. The van der Waals surface area contributed by atoms with Gasteiger partial charge in [-0.05, 0) is 12.5 Å². The Balaban J connectivity index is 1.41. The van der Waals surface area contributed by atoms with Crippen molar-refractivity contribution in [1.29, 1.82) is 0 Å². The number of aromatic amines is 1. The molecule has 0 saturated carbocycles. The van der Waals surface area contributed by atoms with Gasteiger partial charge in [-0.15, -0.1) is 0 Å². The molecule has 1 saturated heterocycles. The number of amides is 1. The SMILES string of the molecule is Cc1cccc(COC(=O)N2CCOC(c3nc4ncncc4[nH]3)C2)c1F. The predicted octanol–water partition coefficient (Wildman–Crippen LogP) is 2.51. The maximum Gasteiger partial charge on any atom is 0.410 e. The first-order valence-electron chi connectivity index (χ1n) is 8.54. The van der Waals surface area contributed by atoms with Crippen LogP contribution in [0.2, 0.25) is 0 Å². The maximum absolute atomic E-state index is 14.0. The lowest BCUT2D eigenvalue weighted by atomic mass is 10.1. The monoisotopic (exact) mass is 371 g/mol. The predicted molar refractivity (Wildman–Crippen MR) is 93.3 cm³/mol. The Labute approximate surface area is 154 Å². The lowest BCUT2D eigenvalue weighted by Crippen LogP contribution is -2.42. The largest absolute Gasteiger partial charge is 0.444 e. The molecule has 1 N–H and O–H groups in total. The van der Waals surface area contributed by atoms with Crippen LogP contribution in [0.1, 0.15) is 23.1 Å². The second-order valence-corrected chi connectivity index (χ2v) is 6.29. The molecule has 27 heavy (non-hydrogen) atoms. The molecule has 1 fully saturated rings. The molecule has 0 bridgehead atoms. The molecule has 2 aromatic heterocycles. The molecule has 1 aliphatic rings. The molecular formula is C18H18FN5O3. The normalized spacial score (nSPS) is 17.3. The topological polar surface area (TPSA) is 93.2 Å². The van der Waals surface area contributed by atoms with Gasteiger partial charge >= 0.3 is 6.09 Å². The zero-order chi connectivity index (χ0) is 18.8. The van der Waals surface area contributed by atoms with Gasteiger partial charge in [0.1, 0.15) is 36.2 Å². The third kappa shape index (κ3) is 3.59. The van der Waals surface area contributed by atoms with Crippen LogP contribution in [0.5, 0.6) is 0 Å². The van der Waals surface area contributed by atoms with Crippen LogP contribution in [0.15, 0.2) is 30.7 Å². The number of morpholine rings is 1. The van der Waals surface area contributed by atoms with Crippen molar-refractivity contribution in [3.8, 4) is 0 Å². The Morgan fingerprint density at radius 1 is 1.48 bits per heavy atom. The lowest BCUT2D eigenvalue weighted by Gasteiger charge is -2.31. The van der Waals surface area contributed by atoms with E-state index in [4.69, 9.17) is 9.47 Å². The molecule has 140 valence electrons. The van der Waals surface area contributed by atoms with Crippen molar-refractivity contribution in [2.75, 3.05) is 19.7 Å². The second-order valence-electron chi connectivity index (χ2n) is 6.29. The van der Waals surface area contributed by atoms with Gasteiger partial charge in [0.25, 0.3) is 0 Å². The van der Waals surface area contributed by atoms with E-state index in [1.165, 1.54) is 11.2 Å². The number of hydrogen-bond donors (Lipinski definition) is 1. The van der Waals surface area contributed by atoms with Gasteiger partial charge in [0.15, 0.2) is 5.65 Å². The number of H-pyrrole nitrogens is 1. The van der Waals surface area contributed by atoms with E-state index < -0.39 is 12.2 Å². The fraction of sp³-hybridized carbons (Fsp3) is 0.333. The number of aromatic nitrogens is 4. The van der Waals surface area contributed by atoms with Gasteiger partial charge < -0.3 is 19.4 Å².